The fourth-order valence-electron chi connectivity index (χ4n) is 4.82. The Morgan fingerprint density at radius 1 is 1.26 bits per heavy atom. The second-order valence-electron chi connectivity index (χ2n) is 9.34. The molecule has 5 rings (SSSR count). The summed E-state index contributed by atoms with van der Waals surface area (Å²) in [5.74, 6) is -0.107. The highest BCUT2D eigenvalue weighted by Crippen LogP contribution is 2.36. The number of hydrogen-bond acceptors (Lipinski definition) is 9. The molecule has 1 fully saturated rings. The first kappa shape index (κ1) is 25.6. The van der Waals surface area contributed by atoms with Crippen LogP contribution in [-0.2, 0) is 6.54 Å². The Bertz CT molecular complexity index is 1450. The summed E-state index contributed by atoms with van der Waals surface area (Å²) in [7, 11) is 0. The van der Waals surface area contributed by atoms with E-state index < -0.39 is 11.9 Å². The van der Waals surface area contributed by atoms with Gasteiger partial charge in [0.25, 0.3) is 5.88 Å². The number of pyridine rings is 2. The number of aromatic nitrogens is 6. The maximum atomic E-state index is 14.4. The molecular formula is C26H29FN8O3. The molecule has 0 amide bonds. The summed E-state index contributed by atoms with van der Waals surface area (Å²) >= 11 is 0. The van der Waals surface area contributed by atoms with Gasteiger partial charge < -0.3 is 20.3 Å². The van der Waals surface area contributed by atoms with Crippen LogP contribution < -0.4 is 10.1 Å². The minimum atomic E-state index is -0.898. The van der Waals surface area contributed by atoms with Crippen LogP contribution in [0.2, 0.25) is 0 Å². The minimum Gasteiger partial charge on any atom is -0.472 e. The Balaban J connectivity index is 1.39. The number of rotatable bonds is 9. The van der Waals surface area contributed by atoms with Gasteiger partial charge in [0.1, 0.15) is 23.7 Å². The summed E-state index contributed by atoms with van der Waals surface area (Å²) in [4.78, 5) is 8.51. The smallest absolute Gasteiger partial charge is 0.252 e. The number of aliphatic hydroxyl groups is 2. The van der Waals surface area contributed by atoms with Gasteiger partial charge in [0.2, 0.25) is 5.82 Å². The van der Waals surface area contributed by atoms with Crippen molar-refractivity contribution >= 4 is 16.7 Å². The highest BCUT2D eigenvalue weighted by atomic mass is 19.1. The van der Waals surface area contributed by atoms with Crippen LogP contribution in [0.5, 0.6) is 5.88 Å². The first-order valence-electron chi connectivity index (χ1n) is 12.7. The quantitative estimate of drug-likeness (QED) is 0.303. The van der Waals surface area contributed by atoms with E-state index in [4.69, 9.17) is 20.2 Å². The van der Waals surface area contributed by atoms with E-state index in [9.17, 15) is 9.50 Å². The monoisotopic (exact) mass is 520 g/mol. The number of halogens is 1. The summed E-state index contributed by atoms with van der Waals surface area (Å²) in [6, 6.07) is 5.23. The molecule has 1 atom stereocenters. The van der Waals surface area contributed by atoms with Crippen LogP contribution in [0.3, 0.4) is 0 Å². The van der Waals surface area contributed by atoms with E-state index in [1.807, 2.05) is 23.7 Å². The topological polar surface area (TPSA) is 147 Å². The zero-order chi connectivity index (χ0) is 26.6. The largest absolute Gasteiger partial charge is 0.472 e. The molecule has 12 heteroatoms. The Morgan fingerprint density at radius 2 is 2.08 bits per heavy atom. The zero-order valence-corrected chi connectivity index (χ0v) is 21.0. The molecule has 3 N–H and O–H groups in total. The van der Waals surface area contributed by atoms with E-state index in [1.165, 1.54) is 12.3 Å². The Kier molecular flexibility index (Phi) is 7.48. The number of fused-ring (bicyclic) bond motifs is 1. The molecule has 4 aromatic heterocycles. The highest BCUT2D eigenvalue weighted by Gasteiger charge is 2.28. The Hall–Kier alpha value is -4.08. The summed E-state index contributed by atoms with van der Waals surface area (Å²) in [6.45, 7) is 2.58. The van der Waals surface area contributed by atoms with Gasteiger partial charge in [-0.15, -0.1) is 0 Å². The number of nitrogens with one attached hydrogen (secondary N) is 1. The fraction of sp³-hybridized carbons (Fsp3) is 0.423. The second kappa shape index (κ2) is 11.1. The number of nitriles is 1. The number of ether oxygens (including phenoxy) is 1. The second-order valence-corrected chi connectivity index (χ2v) is 9.34. The summed E-state index contributed by atoms with van der Waals surface area (Å²) in [5.41, 5.74) is 2.37. The van der Waals surface area contributed by atoms with Gasteiger partial charge >= 0.3 is 0 Å². The molecule has 1 aliphatic rings. The molecule has 4 aromatic rings. The summed E-state index contributed by atoms with van der Waals surface area (Å²) in [5, 5.41) is 41.4. The molecule has 1 aliphatic carbocycles. The molecule has 198 valence electrons. The van der Waals surface area contributed by atoms with Gasteiger partial charge in [-0.1, -0.05) is 0 Å². The molecule has 38 heavy (non-hydrogen) atoms. The van der Waals surface area contributed by atoms with Gasteiger partial charge in [-0.2, -0.15) is 19.8 Å². The van der Waals surface area contributed by atoms with Crippen molar-refractivity contribution in [1.82, 2.24) is 29.5 Å². The van der Waals surface area contributed by atoms with Gasteiger partial charge in [-0.25, -0.2) is 9.97 Å². The van der Waals surface area contributed by atoms with E-state index in [2.05, 4.69) is 20.4 Å². The predicted molar refractivity (Wildman–Crippen MR) is 137 cm³/mol. The average molecular weight is 521 g/mol. The van der Waals surface area contributed by atoms with Crippen LogP contribution in [0.4, 0.5) is 10.2 Å². The Morgan fingerprint density at radius 3 is 2.82 bits per heavy atom. The predicted octanol–water partition coefficient (Wildman–Crippen LogP) is 3.05. The number of nitrogens with zero attached hydrogens (tertiary/aromatic N) is 7. The third-order valence-corrected chi connectivity index (χ3v) is 6.71. The van der Waals surface area contributed by atoms with E-state index in [-0.39, 0.29) is 36.7 Å². The third-order valence-electron chi connectivity index (χ3n) is 6.71. The molecule has 1 saturated carbocycles. The number of hydrogen-bond donors (Lipinski definition) is 3. The van der Waals surface area contributed by atoms with E-state index in [0.29, 0.717) is 12.8 Å². The molecule has 0 aliphatic heterocycles. The van der Waals surface area contributed by atoms with Gasteiger partial charge in [0.15, 0.2) is 0 Å². The molecule has 0 saturated heterocycles. The lowest BCUT2D eigenvalue weighted by Gasteiger charge is -2.29. The van der Waals surface area contributed by atoms with Crippen LogP contribution in [0, 0.1) is 17.1 Å². The van der Waals surface area contributed by atoms with Gasteiger partial charge in [0, 0.05) is 42.2 Å². The number of aliphatic hydroxyl groups excluding tert-OH is 2. The zero-order valence-electron chi connectivity index (χ0n) is 21.0. The maximum Gasteiger partial charge on any atom is 0.252 e. The first-order chi connectivity index (χ1) is 18.5. The number of anilines is 1. The molecule has 0 bridgehead atoms. The normalized spacial score (nSPS) is 18.3. The minimum absolute atomic E-state index is 0.0847. The Labute approximate surface area is 218 Å². The molecule has 4 heterocycles. The molecule has 0 spiro atoms. The molecule has 0 unspecified atom stereocenters. The standard InChI is InChI=1S/C26H29FN8O3/c1-2-29-23-9-22-21(12-31-23)25(17-11-32-34(13-17)14-19(37)15-36)33-35(22)18-3-5-20(6-4-18)38-26-24(27)16(10-28)7-8-30-26/h7-9,11-13,18-20,36-37H,2-6,14-15H2,1H3,(H,29,31)/t18-,19-,20+/m1/s1. The van der Waals surface area contributed by atoms with Crippen molar-refractivity contribution in [2.75, 3.05) is 18.5 Å². The van der Waals surface area contributed by atoms with Crippen LogP contribution in [-0.4, -0.2) is 65.1 Å². The fourth-order valence-corrected chi connectivity index (χ4v) is 4.82. The van der Waals surface area contributed by atoms with Crippen molar-refractivity contribution in [3.8, 4) is 23.2 Å². The SMILES string of the molecule is CCNc1cc2c(cn1)c(-c1cnn(C[C@@H](O)CO)c1)nn2[C@H]1CC[C@@H](Oc2nccc(C#N)c2F)CC1. The van der Waals surface area contributed by atoms with Crippen molar-refractivity contribution in [3.05, 3.63) is 48.3 Å². The summed E-state index contributed by atoms with van der Waals surface area (Å²) < 4.78 is 23.9. The van der Waals surface area contributed by atoms with Crippen molar-refractivity contribution < 1.29 is 19.3 Å². The molecule has 0 aromatic carbocycles. The summed E-state index contributed by atoms with van der Waals surface area (Å²) in [6.07, 6.45) is 8.45. The van der Waals surface area contributed by atoms with E-state index >= 15 is 0 Å². The lowest BCUT2D eigenvalue weighted by molar-refractivity contribution is 0.0783. The maximum absolute atomic E-state index is 14.4. The lowest BCUT2D eigenvalue weighted by Crippen LogP contribution is -2.27. The lowest BCUT2D eigenvalue weighted by atomic mass is 9.93. The van der Waals surface area contributed by atoms with Crippen molar-refractivity contribution in [1.29, 1.82) is 5.26 Å². The molecular weight excluding hydrogens is 491 g/mol. The van der Waals surface area contributed by atoms with Crippen LogP contribution in [0.25, 0.3) is 22.2 Å². The molecule has 0 radical (unpaired) electrons. The first-order valence-corrected chi connectivity index (χ1v) is 12.7. The van der Waals surface area contributed by atoms with Gasteiger partial charge in [0.05, 0.1) is 42.6 Å². The van der Waals surface area contributed by atoms with Crippen molar-refractivity contribution in [3.63, 3.8) is 0 Å². The van der Waals surface area contributed by atoms with Crippen LogP contribution in [0.15, 0.2) is 36.9 Å². The van der Waals surface area contributed by atoms with Crippen LogP contribution >= 0.6 is 0 Å². The van der Waals surface area contributed by atoms with Crippen LogP contribution in [0.1, 0.15) is 44.2 Å². The molecule has 11 nitrogen and oxygen atoms in total. The third kappa shape index (κ3) is 5.16. The van der Waals surface area contributed by atoms with E-state index in [1.54, 1.807) is 23.3 Å². The highest BCUT2D eigenvalue weighted by molar-refractivity contribution is 5.93. The average Bonchev–Trinajstić information content (AvgIpc) is 3.55. The van der Waals surface area contributed by atoms with Crippen molar-refractivity contribution in [2.24, 2.45) is 0 Å². The van der Waals surface area contributed by atoms with Crippen molar-refractivity contribution in [2.45, 2.75) is 57.4 Å². The van der Waals surface area contributed by atoms with Gasteiger partial charge in [-0.3, -0.25) is 9.36 Å². The van der Waals surface area contributed by atoms with E-state index in [0.717, 1.165) is 47.4 Å². The van der Waals surface area contributed by atoms with Gasteiger partial charge in [-0.05, 0) is 38.7 Å².